The average molecular weight is 309 g/mol. The molecular weight excluding hydrogens is 290 g/mol. The number of esters is 1. The zero-order chi connectivity index (χ0) is 16.5. The molecule has 118 valence electrons. The number of rotatable bonds is 6. The van der Waals surface area contributed by atoms with E-state index in [1.807, 2.05) is 61.5 Å². The van der Waals surface area contributed by atoms with Crippen LogP contribution in [-0.2, 0) is 20.9 Å². The van der Waals surface area contributed by atoms with Crippen LogP contribution in [-0.4, -0.2) is 18.5 Å². The van der Waals surface area contributed by atoms with Crippen LogP contribution in [0.3, 0.4) is 0 Å². The number of ether oxygens (including phenoxy) is 1. The Hall–Kier alpha value is -2.88. The second-order valence-electron chi connectivity index (χ2n) is 5.11. The fraction of sp³-hybridized carbons (Fsp3) is 0.158. The monoisotopic (exact) mass is 309 g/mol. The molecule has 0 spiro atoms. The van der Waals surface area contributed by atoms with Crippen molar-refractivity contribution >= 4 is 18.0 Å². The van der Waals surface area contributed by atoms with E-state index in [9.17, 15) is 9.59 Å². The van der Waals surface area contributed by atoms with Crippen LogP contribution in [0.2, 0.25) is 0 Å². The number of hydrogen-bond acceptors (Lipinski definition) is 3. The molecule has 2 aromatic rings. The summed E-state index contributed by atoms with van der Waals surface area (Å²) in [6.45, 7) is 2.12. The Bertz CT molecular complexity index is 676. The van der Waals surface area contributed by atoms with E-state index in [0.29, 0.717) is 6.54 Å². The highest BCUT2D eigenvalue weighted by molar-refractivity contribution is 5.89. The SMILES string of the molecule is Cc1ccc(/C=C/C(=O)OCC(=O)NCc2ccccc2)cc1. The normalized spacial score (nSPS) is 10.5. The first-order valence-electron chi connectivity index (χ1n) is 7.35. The lowest BCUT2D eigenvalue weighted by atomic mass is 10.1. The van der Waals surface area contributed by atoms with Crippen molar-refractivity contribution in [3.05, 3.63) is 77.4 Å². The van der Waals surface area contributed by atoms with E-state index in [-0.39, 0.29) is 12.5 Å². The minimum absolute atomic E-state index is 0.288. The summed E-state index contributed by atoms with van der Waals surface area (Å²) in [7, 11) is 0. The fourth-order valence-corrected chi connectivity index (χ4v) is 1.87. The third kappa shape index (κ3) is 6.18. The molecular formula is C19H19NO3. The Balaban J connectivity index is 1.71. The Kier molecular flexibility index (Phi) is 6.12. The zero-order valence-electron chi connectivity index (χ0n) is 13.0. The van der Waals surface area contributed by atoms with Crippen LogP contribution in [0.5, 0.6) is 0 Å². The molecule has 0 aromatic heterocycles. The van der Waals surface area contributed by atoms with Crippen molar-refractivity contribution in [2.75, 3.05) is 6.61 Å². The molecule has 0 aliphatic rings. The van der Waals surface area contributed by atoms with Gasteiger partial charge < -0.3 is 10.1 Å². The van der Waals surface area contributed by atoms with Crippen LogP contribution in [0, 0.1) is 6.92 Å². The Morgan fingerprint density at radius 1 is 1.04 bits per heavy atom. The van der Waals surface area contributed by atoms with E-state index >= 15 is 0 Å². The van der Waals surface area contributed by atoms with Gasteiger partial charge in [-0.25, -0.2) is 4.79 Å². The van der Waals surface area contributed by atoms with E-state index < -0.39 is 5.97 Å². The highest BCUT2D eigenvalue weighted by Crippen LogP contribution is 2.05. The van der Waals surface area contributed by atoms with Crippen molar-refractivity contribution in [3.63, 3.8) is 0 Å². The largest absolute Gasteiger partial charge is 0.452 e. The van der Waals surface area contributed by atoms with Gasteiger partial charge in [-0.1, -0.05) is 60.2 Å². The molecule has 0 bridgehead atoms. The summed E-state index contributed by atoms with van der Waals surface area (Å²) in [5.41, 5.74) is 3.05. The molecule has 4 nitrogen and oxygen atoms in total. The quantitative estimate of drug-likeness (QED) is 0.659. The third-order valence-electron chi connectivity index (χ3n) is 3.17. The molecule has 1 N–H and O–H groups in total. The van der Waals surface area contributed by atoms with E-state index in [2.05, 4.69) is 5.32 Å². The predicted octanol–water partition coefficient (Wildman–Crippen LogP) is 2.87. The van der Waals surface area contributed by atoms with Gasteiger partial charge in [-0.2, -0.15) is 0 Å². The number of carbonyl (C=O) groups excluding carboxylic acids is 2. The number of aryl methyl sites for hydroxylation is 1. The summed E-state index contributed by atoms with van der Waals surface area (Å²) in [4.78, 5) is 23.2. The van der Waals surface area contributed by atoms with Gasteiger partial charge in [0.15, 0.2) is 6.61 Å². The Labute approximate surface area is 135 Å². The van der Waals surface area contributed by atoms with Crippen molar-refractivity contribution < 1.29 is 14.3 Å². The number of nitrogens with one attached hydrogen (secondary N) is 1. The second-order valence-corrected chi connectivity index (χ2v) is 5.11. The first-order chi connectivity index (χ1) is 11.1. The summed E-state index contributed by atoms with van der Waals surface area (Å²) < 4.78 is 4.90. The first-order valence-corrected chi connectivity index (χ1v) is 7.35. The number of amides is 1. The summed E-state index contributed by atoms with van der Waals surface area (Å²) in [5, 5.41) is 2.69. The molecule has 4 heteroatoms. The maximum atomic E-state index is 11.6. The molecule has 1 amide bonds. The van der Waals surface area contributed by atoms with Gasteiger partial charge in [0.2, 0.25) is 0 Å². The highest BCUT2D eigenvalue weighted by Gasteiger charge is 2.04. The van der Waals surface area contributed by atoms with Gasteiger partial charge in [-0.3, -0.25) is 4.79 Å². The van der Waals surface area contributed by atoms with Crippen LogP contribution in [0.4, 0.5) is 0 Å². The molecule has 0 heterocycles. The van der Waals surface area contributed by atoms with Crippen LogP contribution in [0.1, 0.15) is 16.7 Å². The lowest BCUT2D eigenvalue weighted by molar-refractivity contribution is -0.143. The summed E-state index contributed by atoms with van der Waals surface area (Å²) in [6, 6.07) is 17.3. The molecule has 23 heavy (non-hydrogen) atoms. The summed E-state index contributed by atoms with van der Waals surface area (Å²) in [6.07, 6.45) is 2.97. The predicted molar refractivity (Wildman–Crippen MR) is 89.5 cm³/mol. The molecule has 0 unspecified atom stereocenters. The smallest absolute Gasteiger partial charge is 0.331 e. The molecule has 2 aromatic carbocycles. The fourth-order valence-electron chi connectivity index (χ4n) is 1.87. The molecule has 0 fully saturated rings. The van der Waals surface area contributed by atoms with Crippen molar-refractivity contribution in [1.29, 1.82) is 0 Å². The molecule has 0 saturated heterocycles. The van der Waals surface area contributed by atoms with Crippen molar-refractivity contribution in [1.82, 2.24) is 5.32 Å². The van der Waals surface area contributed by atoms with Crippen LogP contribution >= 0.6 is 0 Å². The minimum atomic E-state index is -0.541. The second kappa shape index (κ2) is 8.54. The van der Waals surface area contributed by atoms with Crippen LogP contribution < -0.4 is 5.32 Å². The van der Waals surface area contributed by atoms with Crippen LogP contribution in [0.25, 0.3) is 6.08 Å². The van der Waals surface area contributed by atoms with Crippen molar-refractivity contribution in [2.45, 2.75) is 13.5 Å². The minimum Gasteiger partial charge on any atom is -0.452 e. The zero-order valence-corrected chi connectivity index (χ0v) is 13.0. The topological polar surface area (TPSA) is 55.4 Å². The lowest BCUT2D eigenvalue weighted by Crippen LogP contribution is -2.28. The Morgan fingerprint density at radius 3 is 2.43 bits per heavy atom. The van der Waals surface area contributed by atoms with Gasteiger partial charge in [0.05, 0.1) is 0 Å². The Morgan fingerprint density at radius 2 is 1.74 bits per heavy atom. The molecule has 0 aliphatic carbocycles. The number of carbonyl (C=O) groups is 2. The average Bonchev–Trinajstić information content (AvgIpc) is 2.58. The van der Waals surface area contributed by atoms with Crippen molar-refractivity contribution in [3.8, 4) is 0 Å². The van der Waals surface area contributed by atoms with Crippen molar-refractivity contribution in [2.24, 2.45) is 0 Å². The van der Waals surface area contributed by atoms with E-state index in [1.165, 1.54) is 6.08 Å². The lowest BCUT2D eigenvalue weighted by Gasteiger charge is -2.05. The standard InChI is InChI=1S/C19H19NO3/c1-15-7-9-16(10-8-15)11-12-19(22)23-14-18(21)20-13-17-5-3-2-4-6-17/h2-12H,13-14H2,1H3,(H,20,21)/b12-11+. The van der Waals surface area contributed by atoms with Gasteiger partial charge in [0.1, 0.15) is 0 Å². The molecule has 0 saturated carbocycles. The van der Waals surface area contributed by atoms with Crippen LogP contribution in [0.15, 0.2) is 60.7 Å². The van der Waals surface area contributed by atoms with Gasteiger partial charge in [-0.05, 0) is 24.1 Å². The maximum Gasteiger partial charge on any atom is 0.331 e. The highest BCUT2D eigenvalue weighted by atomic mass is 16.5. The van der Waals surface area contributed by atoms with E-state index in [1.54, 1.807) is 6.08 Å². The maximum absolute atomic E-state index is 11.6. The summed E-state index contributed by atoms with van der Waals surface area (Å²) in [5.74, 6) is -0.869. The van der Waals surface area contributed by atoms with Gasteiger partial charge in [0.25, 0.3) is 5.91 Å². The first kappa shape index (κ1) is 16.5. The molecule has 0 aliphatic heterocycles. The third-order valence-corrected chi connectivity index (χ3v) is 3.17. The summed E-state index contributed by atoms with van der Waals surface area (Å²) >= 11 is 0. The van der Waals surface area contributed by atoms with Gasteiger partial charge in [0, 0.05) is 12.6 Å². The molecule has 0 atom stereocenters. The van der Waals surface area contributed by atoms with E-state index in [4.69, 9.17) is 4.74 Å². The molecule has 2 rings (SSSR count). The van der Waals surface area contributed by atoms with Gasteiger partial charge in [-0.15, -0.1) is 0 Å². The number of hydrogen-bond donors (Lipinski definition) is 1. The number of benzene rings is 2. The van der Waals surface area contributed by atoms with Gasteiger partial charge >= 0.3 is 5.97 Å². The molecule has 0 radical (unpaired) electrons. The van der Waals surface area contributed by atoms with E-state index in [0.717, 1.165) is 16.7 Å².